The standard InChI is InChI=1S/C13H24N2O2/c1-4-17-13(16)14-12-6-5-8-15(10-12)9-7-11(2)3/h7,12H,4-6,8-10H2,1-3H3,(H,14,16)/t12-/m0/s1. The average molecular weight is 240 g/mol. The van der Waals surface area contributed by atoms with E-state index in [9.17, 15) is 4.79 Å². The Labute approximate surface area is 104 Å². The van der Waals surface area contributed by atoms with Crippen LogP contribution in [0.15, 0.2) is 11.6 Å². The number of amides is 1. The van der Waals surface area contributed by atoms with Crippen molar-refractivity contribution < 1.29 is 9.53 Å². The highest BCUT2D eigenvalue weighted by atomic mass is 16.5. The molecule has 1 atom stereocenters. The molecule has 0 aromatic rings. The number of hydrogen-bond acceptors (Lipinski definition) is 3. The predicted molar refractivity (Wildman–Crippen MR) is 69.1 cm³/mol. The van der Waals surface area contributed by atoms with E-state index in [1.807, 2.05) is 6.92 Å². The van der Waals surface area contributed by atoms with Crippen LogP contribution < -0.4 is 5.32 Å². The molecule has 1 N–H and O–H groups in total. The number of likely N-dealkylation sites (tertiary alicyclic amines) is 1. The molecule has 0 radical (unpaired) electrons. The van der Waals surface area contributed by atoms with Gasteiger partial charge in [0.2, 0.25) is 0 Å². The van der Waals surface area contributed by atoms with Gasteiger partial charge in [0.15, 0.2) is 0 Å². The lowest BCUT2D eigenvalue weighted by atomic mass is 10.1. The molecule has 4 heteroatoms. The molecule has 1 aliphatic rings. The Bertz CT molecular complexity index is 273. The maximum absolute atomic E-state index is 11.3. The molecule has 1 fully saturated rings. The predicted octanol–water partition coefficient (Wildman–Crippen LogP) is 2.16. The zero-order chi connectivity index (χ0) is 12.7. The number of rotatable bonds is 4. The van der Waals surface area contributed by atoms with Gasteiger partial charge >= 0.3 is 6.09 Å². The Morgan fingerprint density at radius 2 is 2.29 bits per heavy atom. The molecule has 0 bridgehead atoms. The van der Waals surface area contributed by atoms with Crippen molar-refractivity contribution in [1.29, 1.82) is 0 Å². The Balaban J connectivity index is 2.33. The normalized spacial score (nSPS) is 20.8. The van der Waals surface area contributed by atoms with Crippen molar-refractivity contribution in [2.45, 2.75) is 39.7 Å². The topological polar surface area (TPSA) is 41.6 Å². The molecule has 1 heterocycles. The number of alkyl carbamates (subject to hydrolysis) is 1. The van der Waals surface area contributed by atoms with Crippen molar-refractivity contribution in [1.82, 2.24) is 10.2 Å². The molecule has 98 valence electrons. The van der Waals surface area contributed by atoms with Crippen molar-refractivity contribution >= 4 is 6.09 Å². The summed E-state index contributed by atoms with van der Waals surface area (Å²) in [5.41, 5.74) is 1.34. The van der Waals surface area contributed by atoms with Crippen molar-refractivity contribution in [2.75, 3.05) is 26.2 Å². The zero-order valence-electron chi connectivity index (χ0n) is 11.2. The number of piperidine rings is 1. The first-order valence-electron chi connectivity index (χ1n) is 6.40. The molecule has 0 saturated carbocycles. The second kappa shape index (κ2) is 7.33. The quantitative estimate of drug-likeness (QED) is 0.766. The largest absolute Gasteiger partial charge is 0.450 e. The van der Waals surface area contributed by atoms with E-state index >= 15 is 0 Å². The molecule has 0 spiro atoms. The van der Waals surface area contributed by atoms with E-state index < -0.39 is 0 Å². The van der Waals surface area contributed by atoms with Crippen molar-refractivity contribution in [3.8, 4) is 0 Å². The Morgan fingerprint density at radius 3 is 2.94 bits per heavy atom. The van der Waals surface area contributed by atoms with Gasteiger partial charge in [0.1, 0.15) is 0 Å². The molecular weight excluding hydrogens is 216 g/mol. The summed E-state index contributed by atoms with van der Waals surface area (Å²) in [6.45, 7) is 9.48. The van der Waals surface area contributed by atoms with Crippen LogP contribution in [0.25, 0.3) is 0 Å². The highest BCUT2D eigenvalue weighted by Gasteiger charge is 2.20. The molecule has 0 aromatic heterocycles. The highest BCUT2D eigenvalue weighted by molar-refractivity contribution is 5.67. The molecule has 1 aliphatic heterocycles. The van der Waals surface area contributed by atoms with E-state index in [0.717, 1.165) is 32.5 Å². The van der Waals surface area contributed by atoms with Crippen LogP contribution >= 0.6 is 0 Å². The number of carbonyl (C=O) groups excluding carboxylic acids is 1. The first-order valence-corrected chi connectivity index (χ1v) is 6.40. The Kier molecular flexibility index (Phi) is 6.05. The summed E-state index contributed by atoms with van der Waals surface area (Å²) in [5.74, 6) is 0. The summed E-state index contributed by atoms with van der Waals surface area (Å²) >= 11 is 0. The van der Waals surface area contributed by atoms with Crippen molar-refractivity contribution in [2.24, 2.45) is 0 Å². The number of allylic oxidation sites excluding steroid dienone is 1. The van der Waals surface area contributed by atoms with Crippen LogP contribution in [0.2, 0.25) is 0 Å². The molecule has 1 amide bonds. The van der Waals surface area contributed by atoms with Gasteiger partial charge in [0.25, 0.3) is 0 Å². The molecule has 1 saturated heterocycles. The number of nitrogens with zero attached hydrogens (tertiary/aromatic N) is 1. The maximum Gasteiger partial charge on any atom is 0.407 e. The van der Waals surface area contributed by atoms with E-state index in [2.05, 4.69) is 30.1 Å². The SMILES string of the molecule is CCOC(=O)N[C@H]1CCCN(CC=C(C)C)C1. The van der Waals surface area contributed by atoms with Gasteiger partial charge in [0.05, 0.1) is 6.61 Å². The van der Waals surface area contributed by atoms with Gasteiger partial charge in [0, 0.05) is 19.1 Å². The molecule has 1 rings (SSSR count). The highest BCUT2D eigenvalue weighted by Crippen LogP contribution is 2.10. The number of carbonyl (C=O) groups is 1. The maximum atomic E-state index is 11.3. The Morgan fingerprint density at radius 1 is 1.53 bits per heavy atom. The third kappa shape index (κ3) is 5.73. The van der Waals surface area contributed by atoms with Crippen LogP contribution in [0.1, 0.15) is 33.6 Å². The van der Waals surface area contributed by atoms with E-state index in [1.165, 1.54) is 5.57 Å². The summed E-state index contributed by atoms with van der Waals surface area (Å²) < 4.78 is 4.90. The fourth-order valence-corrected chi connectivity index (χ4v) is 1.99. The average Bonchev–Trinajstić information content (AvgIpc) is 2.27. The van der Waals surface area contributed by atoms with Crippen LogP contribution in [0.5, 0.6) is 0 Å². The summed E-state index contributed by atoms with van der Waals surface area (Å²) in [6.07, 6.45) is 4.12. The van der Waals surface area contributed by atoms with Gasteiger partial charge in [-0.25, -0.2) is 4.79 Å². The summed E-state index contributed by atoms with van der Waals surface area (Å²) in [4.78, 5) is 13.7. The fraction of sp³-hybridized carbons (Fsp3) is 0.769. The monoisotopic (exact) mass is 240 g/mol. The minimum absolute atomic E-state index is 0.230. The van der Waals surface area contributed by atoms with Gasteiger partial charge in [-0.2, -0.15) is 0 Å². The van der Waals surface area contributed by atoms with Crippen LogP contribution in [0.3, 0.4) is 0 Å². The molecule has 0 aliphatic carbocycles. The van der Waals surface area contributed by atoms with Crippen LogP contribution in [-0.2, 0) is 4.74 Å². The number of hydrogen-bond donors (Lipinski definition) is 1. The second-order valence-electron chi connectivity index (χ2n) is 4.75. The van der Waals surface area contributed by atoms with Crippen LogP contribution in [0.4, 0.5) is 4.79 Å². The Hall–Kier alpha value is -1.03. The third-order valence-electron chi connectivity index (χ3n) is 2.86. The molecule has 17 heavy (non-hydrogen) atoms. The van der Waals surface area contributed by atoms with Gasteiger partial charge in [-0.15, -0.1) is 0 Å². The van der Waals surface area contributed by atoms with Gasteiger partial charge < -0.3 is 10.1 Å². The number of nitrogens with one attached hydrogen (secondary N) is 1. The lowest BCUT2D eigenvalue weighted by Gasteiger charge is -2.32. The molecule has 4 nitrogen and oxygen atoms in total. The third-order valence-corrected chi connectivity index (χ3v) is 2.86. The fourth-order valence-electron chi connectivity index (χ4n) is 1.99. The van der Waals surface area contributed by atoms with E-state index in [0.29, 0.717) is 6.61 Å². The minimum atomic E-state index is -0.290. The summed E-state index contributed by atoms with van der Waals surface area (Å²) in [6, 6.07) is 0.230. The van der Waals surface area contributed by atoms with Crippen LogP contribution in [0, 0.1) is 0 Å². The lowest BCUT2D eigenvalue weighted by Crippen LogP contribution is -2.47. The van der Waals surface area contributed by atoms with E-state index in [-0.39, 0.29) is 12.1 Å². The minimum Gasteiger partial charge on any atom is -0.450 e. The number of ether oxygens (including phenoxy) is 1. The summed E-state index contributed by atoms with van der Waals surface area (Å²) in [5, 5.41) is 2.91. The van der Waals surface area contributed by atoms with Gasteiger partial charge in [-0.3, -0.25) is 4.90 Å². The van der Waals surface area contributed by atoms with Gasteiger partial charge in [-0.1, -0.05) is 11.6 Å². The van der Waals surface area contributed by atoms with E-state index in [4.69, 9.17) is 4.74 Å². The lowest BCUT2D eigenvalue weighted by molar-refractivity contribution is 0.136. The molecule has 0 unspecified atom stereocenters. The van der Waals surface area contributed by atoms with E-state index in [1.54, 1.807) is 0 Å². The van der Waals surface area contributed by atoms with Gasteiger partial charge in [-0.05, 0) is 40.2 Å². The first-order chi connectivity index (χ1) is 8.11. The van der Waals surface area contributed by atoms with Crippen LogP contribution in [-0.4, -0.2) is 43.3 Å². The molecule has 0 aromatic carbocycles. The summed E-state index contributed by atoms with van der Waals surface area (Å²) in [7, 11) is 0. The molecular formula is C13H24N2O2. The smallest absolute Gasteiger partial charge is 0.407 e. The second-order valence-corrected chi connectivity index (χ2v) is 4.75. The van der Waals surface area contributed by atoms with Crippen molar-refractivity contribution in [3.63, 3.8) is 0 Å². The van der Waals surface area contributed by atoms with Crippen molar-refractivity contribution in [3.05, 3.63) is 11.6 Å². The zero-order valence-corrected chi connectivity index (χ0v) is 11.2. The first kappa shape index (κ1) is 14.0.